The molecule has 0 spiro atoms. The molecular weight excluding hydrogens is 218 g/mol. The van der Waals surface area contributed by atoms with Crippen molar-refractivity contribution in [2.75, 3.05) is 19.6 Å². The number of rotatable bonds is 6. The Kier molecular flexibility index (Phi) is 5.41. The van der Waals surface area contributed by atoms with Crippen LogP contribution >= 0.6 is 0 Å². The lowest BCUT2D eigenvalue weighted by atomic mass is 10.1. The number of hydrogen-bond acceptors (Lipinski definition) is 3. The van der Waals surface area contributed by atoms with E-state index in [-0.39, 0.29) is 18.5 Å². The number of primary amides is 1. The molecule has 1 heterocycles. The van der Waals surface area contributed by atoms with Gasteiger partial charge in [0.2, 0.25) is 11.8 Å². The Labute approximate surface area is 103 Å². The minimum Gasteiger partial charge on any atom is -0.368 e. The molecule has 0 aromatic carbocycles. The monoisotopic (exact) mass is 241 g/mol. The predicted molar refractivity (Wildman–Crippen MR) is 66.3 cm³/mol. The van der Waals surface area contributed by atoms with Crippen LogP contribution in [0.1, 0.15) is 33.1 Å². The molecule has 1 fully saturated rings. The number of carbonyl (C=O) groups excluding carboxylic acids is 2. The summed E-state index contributed by atoms with van der Waals surface area (Å²) < 4.78 is 0. The van der Waals surface area contributed by atoms with Gasteiger partial charge in [0.15, 0.2) is 0 Å². The zero-order valence-corrected chi connectivity index (χ0v) is 10.7. The van der Waals surface area contributed by atoms with Crippen LogP contribution in [0.15, 0.2) is 0 Å². The molecular formula is C12H23N3O2. The van der Waals surface area contributed by atoms with Gasteiger partial charge in [-0.2, -0.15) is 0 Å². The highest BCUT2D eigenvalue weighted by atomic mass is 16.2. The number of hydrogen-bond donors (Lipinski definition) is 2. The van der Waals surface area contributed by atoms with Crippen molar-refractivity contribution in [3.8, 4) is 0 Å². The molecule has 0 aromatic heterocycles. The molecule has 1 saturated heterocycles. The lowest BCUT2D eigenvalue weighted by molar-refractivity contribution is -0.137. The molecule has 0 aliphatic carbocycles. The largest absolute Gasteiger partial charge is 0.368 e. The topological polar surface area (TPSA) is 75.4 Å². The summed E-state index contributed by atoms with van der Waals surface area (Å²) in [5.41, 5.74) is 5.20. The highest BCUT2D eigenvalue weighted by Gasteiger charge is 2.27. The van der Waals surface area contributed by atoms with Crippen molar-refractivity contribution in [1.82, 2.24) is 10.2 Å². The molecule has 1 atom stereocenters. The summed E-state index contributed by atoms with van der Waals surface area (Å²) in [4.78, 5) is 24.7. The summed E-state index contributed by atoms with van der Waals surface area (Å²) in [7, 11) is 0. The van der Waals surface area contributed by atoms with Crippen LogP contribution < -0.4 is 11.1 Å². The smallest absolute Gasteiger partial charge is 0.237 e. The highest BCUT2D eigenvalue weighted by molar-refractivity contribution is 5.84. The molecule has 2 amide bonds. The van der Waals surface area contributed by atoms with Gasteiger partial charge in [-0.05, 0) is 25.3 Å². The van der Waals surface area contributed by atoms with E-state index in [0.29, 0.717) is 12.3 Å². The standard InChI is InChI=1S/C12H23N3O2/c1-9(2)3-4-12(17)15(8-11(13)16)10-5-6-14-7-10/h9-10,14H,3-8H2,1-2H3,(H2,13,16). The highest BCUT2D eigenvalue weighted by Crippen LogP contribution is 2.12. The maximum atomic E-state index is 12.1. The van der Waals surface area contributed by atoms with E-state index in [9.17, 15) is 9.59 Å². The van der Waals surface area contributed by atoms with Crippen molar-refractivity contribution in [3.05, 3.63) is 0 Å². The quantitative estimate of drug-likeness (QED) is 0.692. The summed E-state index contributed by atoms with van der Waals surface area (Å²) in [5.74, 6) is 0.108. The van der Waals surface area contributed by atoms with Gasteiger partial charge in [-0.3, -0.25) is 9.59 Å². The molecule has 5 nitrogen and oxygen atoms in total. The van der Waals surface area contributed by atoms with Gasteiger partial charge < -0.3 is 16.0 Å². The van der Waals surface area contributed by atoms with Crippen molar-refractivity contribution in [2.45, 2.75) is 39.2 Å². The molecule has 1 unspecified atom stereocenters. The van der Waals surface area contributed by atoms with Crippen LogP contribution in [-0.4, -0.2) is 42.4 Å². The first kappa shape index (κ1) is 14.0. The van der Waals surface area contributed by atoms with Gasteiger partial charge in [0, 0.05) is 19.0 Å². The van der Waals surface area contributed by atoms with Crippen LogP contribution in [0.4, 0.5) is 0 Å². The molecule has 1 rings (SSSR count). The maximum absolute atomic E-state index is 12.1. The Morgan fingerprint density at radius 3 is 2.65 bits per heavy atom. The van der Waals surface area contributed by atoms with E-state index in [2.05, 4.69) is 19.2 Å². The fourth-order valence-corrected chi connectivity index (χ4v) is 2.05. The molecule has 17 heavy (non-hydrogen) atoms. The van der Waals surface area contributed by atoms with Crippen LogP contribution in [0.3, 0.4) is 0 Å². The molecule has 5 heteroatoms. The lowest BCUT2D eigenvalue weighted by Gasteiger charge is -2.27. The third-order valence-electron chi connectivity index (χ3n) is 3.06. The number of carbonyl (C=O) groups is 2. The fraction of sp³-hybridized carbons (Fsp3) is 0.833. The molecule has 0 radical (unpaired) electrons. The third kappa shape index (κ3) is 4.73. The van der Waals surface area contributed by atoms with Crippen molar-refractivity contribution in [1.29, 1.82) is 0 Å². The first-order valence-corrected chi connectivity index (χ1v) is 6.29. The van der Waals surface area contributed by atoms with E-state index >= 15 is 0 Å². The molecule has 3 N–H and O–H groups in total. The number of nitrogens with two attached hydrogens (primary N) is 1. The van der Waals surface area contributed by atoms with E-state index in [1.54, 1.807) is 4.90 Å². The first-order valence-electron chi connectivity index (χ1n) is 6.29. The van der Waals surface area contributed by atoms with Gasteiger partial charge in [0.05, 0.1) is 6.54 Å². The Morgan fingerprint density at radius 2 is 2.18 bits per heavy atom. The molecule has 0 saturated carbocycles. The summed E-state index contributed by atoms with van der Waals surface area (Å²) in [6, 6.07) is 0.127. The molecule has 1 aliphatic heterocycles. The fourth-order valence-electron chi connectivity index (χ4n) is 2.05. The van der Waals surface area contributed by atoms with Crippen LogP contribution in [0, 0.1) is 5.92 Å². The zero-order valence-electron chi connectivity index (χ0n) is 10.7. The summed E-state index contributed by atoms with van der Waals surface area (Å²) in [5, 5.41) is 3.20. The second kappa shape index (κ2) is 6.59. The van der Waals surface area contributed by atoms with E-state index < -0.39 is 5.91 Å². The number of nitrogens with one attached hydrogen (secondary N) is 1. The van der Waals surface area contributed by atoms with E-state index in [1.807, 2.05) is 0 Å². The summed E-state index contributed by atoms with van der Waals surface area (Å²) >= 11 is 0. The minimum absolute atomic E-state index is 0.0449. The van der Waals surface area contributed by atoms with Crippen molar-refractivity contribution >= 4 is 11.8 Å². The van der Waals surface area contributed by atoms with E-state index in [0.717, 1.165) is 25.9 Å². The SMILES string of the molecule is CC(C)CCC(=O)N(CC(N)=O)C1CCNC1. The molecule has 0 bridgehead atoms. The number of nitrogens with zero attached hydrogens (tertiary/aromatic N) is 1. The van der Waals surface area contributed by atoms with Gasteiger partial charge in [0.25, 0.3) is 0 Å². The normalized spacial score (nSPS) is 19.6. The average Bonchev–Trinajstić information content (AvgIpc) is 2.75. The van der Waals surface area contributed by atoms with E-state index in [1.165, 1.54) is 0 Å². The van der Waals surface area contributed by atoms with Crippen LogP contribution in [-0.2, 0) is 9.59 Å². The van der Waals surface area contributed by atoms with Crippen molar-refractivity contribution in [2.24, 2.45) is 11.7 Å². The Bertz CT molecular complexity index is 273. The van der Waals surface area contributed by atoms with E-state index in [4.69, 9.17) is 5.73 Å². The Balaban J connectivity index is 2.54. The van der Waals surface area contributed by atoms with Gasteiger partial charge in [-0.25, -0.2) is 0 Å². The van der Waals surface area contributed by atoms with Gasteiger partial charge in [-0.15, -0.1) is 0 Å². The second-order valence-electron chi connectivity index (χ2n) is 5.07. The van der Waals surface area contributed by atoms with Crippen LogP contribution in [0.5, 0.6) is 0 Å². The lowest BCUT2D eigenvalue weighted by Crippen LogP contribution is -2.46. The third-order valence-corrected chi connectivity index (χ3v) is 3.06. The van der Waals surface area contributed by atoms with Crippen molar-refractivity contribution < 1.29 is 9.59 Å². The van der Waals surface area contributed by atoms with Gasteiger partial charge in [0.1, 0.15) is 0 Å². The Morgan fingerprint density at radius 1 is 1.47 bits per heavy atom. The molecule has 98 valence electrons. The van der Waals surface area contributed by atoms with Gasteiger partial charge in [-0.1, -0.05) is 13.8 Å². The predicted octanol–water partition coefficient (Wildman–Crippen LogP) is 0.0984. The van der Waals surface area contributed by atoms with Gasteiger partial charge >= 0.3 is 0 Å². The number of amides is 2. The Hall–Kier alpha value is -1.10. The van der Waals surface area contributed by atoms with Crippen LogP contribution in [0.2, 0.25) is 0 Å². The summed E-state index contributed by atoms with van der Waals surface area (Å²) in [6.45, 7) is 5.88. The average molecular weight is 241 g/mol. The molecule has 1 aliphatic rings. The maximum Gasteiger partial charge on any atom is 0.237 e. The van der Waals surface area contributed by atoms with Crippen molar-refractivity contribution in [3.63, 3.8) is 0 Å². The first-order chi connectivity index (χ1) is 8.00. The van der Waals surface area contributed by atoms with Crippen LogP contribution in [0.25, 0.3) is 0 Å². The minimum atomic E-state index is -0.435. The zero-order chi connectivity index (χ0) is 12.8. The summed E-state index contributed by atoms with van der Waals surface area (Å²) in [6.07, 6.45) is 2.26. The molecule has 0 aromatic rings. The second-order valence-corrected chi connectivity index (χ2v) is 5.07.